The van der Waals surface area contributed by atoms with Crippen molar-refractivity contribution in [1.82, 2.24) is 4.90 Å². The number of unbranched alkanes of at least 4 members (excludes halogenated alkanes) is 11. The molecule has 0 bridgehead atoms. The number of carbonyl (C=O) groups is 1. The zero-order valence-corrected chi connectivity index (χ0v) is 24.8. The first-order valence-corrected chi connectivity index (χ1v) is 15.9. The van der Waals surface area contributed by atoms with Crippen LogP contribution in [0.4, 0.5) is 5.69 Å². The number of hydrogen-bond acceptors (Lipinski definition) is 4. The Kier molecular flexibility index (Phi) is 14.0. The van der Waals surface area contributed by atoms with Gasteiger partial charge in [0.2, 0.25) is 0 Å². The quantitative estimate of drug-likeness (QED) is 0.185. The van der Waals surface area contributed by atoms with Crippen LogP contribution in [0.3, 0.4) is 0 Å². The second kappa shape index (κ2) is 17.5. The van der Waals surface area contributed by atoms with Gasteiger partial charge in [0.25, 0.3) is 5.91 Å². The first-order valence-electron chi connectivity index (χ1n) is 14.4. The van der Waals surface area contributed by atoms with Crippen LogP contribution in [-0.4, -0.2) is 23.3 Å². The number of benzene rings is 2. The second-order valence-corrected chi connectivity index (χ2v) is 11.5. The van der Waals surface area contributed by atoms with Crippen LogP contribution in [0.2, 0.25) is 5.02 Å². The van der Waals surface area contributed by atoms with Crippen molar-refractivity contribution in [2.75, 3.05) is 17.8 Å². The molecule has 0 atom stereocenters. The van der Waals surface area contributed by atoms with Gasteiger partial charge in [-0.15, -0.1) is 11.8 Å². The highest BCUT2D eigenvalue weighted by Crippen LogP contribution is 2.27. The summed E-state index contributed by atoms with van der Waals surface area (Å²) in [4.78, 5) is 15.4. The number of amides is 1. The summed E-state index contributed by atoms with van der Waals surface area (Å²) >= 11 is 8.04. The maximum Gasteiger partial charge on any atom is 0.259 e. The Hall–Kier alpha value is -2.11. The molecule has 0 aliphatic carbocycles. The number of anilines is 1. The standard InChI is InChI=1S/C32H45ClN2O2S/c1-3-4-5-6-7-8-9-10-11-12-13-14-21-37-31-22-28(33)17-20-30(31)32(36)34-29-18-15-27(16-19-29)23-35-25-38-24-26(35)2/h15-20,22,24H,3-14,21,23,25H2,1-2H3,(H,34,36). The molecule has 1 N–H and O–H groups in total. The van der Waals surface area contributed by atoms with Crippen LogP contribution in [0.1, 0.15) is 107 Å². The van der Waals surface area contributed by atoms with E-state index in [-0.39, 0.29) is 5.91 Å². The third kappa shape index (κ3) is 10.9. The number of halogens is 1. The summed E-state index contributed by atoms with van der Waals surface area (Å²) in [5.74, 6) is 1.35. The molecule has 6 heteroatoms. The van der Waals surface area contributed by atoms with E-state index < -0.39 is 0 Å². The summed E-state index contributed by atoms with van der Waals surface area (Å²) in [5, 5.41) is 5.77. The zero-order valence-electron chi connectivity index (χ0n) is 23.3. The first-order chi connectivity index (χ1) is 18.6. The van der Waals surface area contributed by atoms with Gasteiger partial charge >= 0.3 is 0 Å². The molecule has 4 nitrogen and oxygen atoms in total. The van der Waals surface area contributed by atoms with E-state index in [0.717, 1.165) is 31.0 Å². The van der Waals surface area contributed by atoms with E-state index >= 15 is 0 Å². The van der Waals surface area contributed by atoms with Crippen LogP contribution >= 0.6 is 23.4 Å². The summed E-state index contributed by atoms with van der Waals surface area (Å²) < 4.78 is 6.01. The van der Waals surface area contributed by atoms with Crippen LogP contribution in [0, 0.1) is 0 Å². The van der Waals surface area contributed by atoms with E-state index in [1.165, 1.54) is 75.5 Å². The highest BCUT2D eigenvalue weighted by Gasteiger charge is 2.15. The number of nitrogens with one attached hydrogen (secondary N) is 1. The molecule has 0 aromatic heterocycles. The van der Waals surface area contributed by atoms with E-state index in [1.54, 1.807) is 18.2 Å². The molecule has 1 amide bonds. The third-order valence-electron chi connectivity index (χ3n) is 7.01. The first kappa shape index (κ1) is 30.4. The minimum atomic E-state index is -0.186. The maximum atomic E-state index is 13.0. The van der Waals surface area contributed by atoms with Gasteiger partial charge in [-0.1, -0.05) is 101 Å². The monoisotopic (exact) mass is 556 g/mol. The lowest BCUT2D eigenvalue weighted by Crippen LogP contribution is -2.17. The average Bonchev–Trinajstić information content (AvgIpc) is 3.32. The minimum absolute atomic E-state index is 0.186. The Balaban J connectivity index is 1.36. The van der Waals surface area contributed by atoms with Crippen molar-refractivity contribution in [2.24, 2.45) is 0 Å². The average molecular weight is 557 g/mol. The predicted octanol–water partition coefficient (Wildman–Crippen LogP) is 10.0. The third-order valence-corrected chi connectivity index (χ3v) is 8.22. The number of thioether (sulfide) groups is 1. The number of rotatable bonds is 18. The number of hydrogen-bond donors (Lipinski definition) is 1. The predicted molar refractivity (Wildman–Crippen MR) is 164 cm³/mol. The van der Waals surface area contributed by atoms with Gasteiger partial charge in [0.1, 0.15) is 5.75 Å². The molecule has 3 rings (SSSR count). The molecule has 0 saturated heterocycles. The van der Waals surface area contributed by atoms with Gasteiger partial charge in [0, 0.05) is 23.0 Å². The van der Waals surface area contributed by atoms with E-state index in [0.29, 0.717) is 22.9 Å². The lowest BCUT2D eigenvalue weighted by atomic mass is 10.1. The largest absolute Gasteiger partial charge is 0.493 e. The molecule has 2 aromatic carbocycles. The van der Waals surface area contributed by atoms with Crippen molar-refractivity contribution in [3.63, 3.8) is 0 Å². The van der Waals surface area contributed by atoms with E-state index in [1.807, 2.05) is 23.9 Å². The highest BCUT2D eigenvalue weighted by molar-refractivity contribution is 8.02. The Morgan fingerprint density at radius 3 is 2.16 bits per heavy atom. The van der Waals surface area contributed by atoms with Gasteiger partial charge in [-0.05, 0) is 54.6 Å². The van der Waals surface area contributed by atoms with Gasteiger partial charge in [-0.25, -0.2) is 0 Å². The van der Waals surface area contributed by atoms with Gasteiger partial charge in [0.05, 0.1) is 18.0 Å². The molecule has 1 aliphatic rings. The van der Waals surface area contributed by atoms with Crippen LogP contribution in [-0.2, 0) is 6.54 Å². The lowest BCUT2D eigenvalue weighted by Gasteiger charge is -2.19. The Morgan fingerprint density at radius 2 is 1.55 bits per heavy atom. The molecular weight excluding hydrogens is 512 g/mol. The normalized spacial score (nSPS) is 13.0. The molecule has 0 radical (unpaired) electrons. The number of ether oxygens (including phenoxy) is 1. The number of carbonyl (C=O) groups excluding carboxylic acids is 1. The Labute approximate surface area is 239 Å². The van der Waals surface area contributed by atoms with Gasteiger partial charge in [0.15, 0.2) is 0 Å². The second-order valence-electron chi connectivity index (χ2n) is 10.3. The molecule has 0 spiro atoms. The fraction of sp³-hybridized carbons (Fsp3) is 0.531. The number of allylic oxidation sites excluding steroid dienone is 1. The van der Waals surface area contributed by atoms with Crippen LogP contribution in [0.15, 0.2) is 53.6 Å². The van der Waals surface area contributed by atoms with E-state index in [9.17, 15) is 4.79 Å². The van der Waals surface area contributed by atoms with Crippen molar-refractivity contribution in [2.45, 2.75) is 97.4 Å². The summed E-state index contributed by atoms with van der Waals surface area (Å²) in [6, 6.07) is 13.3. The summed E-state index contributed by atoms with van der Waals surface area (Å²) in [7, 11) is 0. The van der Waals surface area contributed by atoms with Crippen molar-refractivity contribution in [3.05, 3.63) is 69.7 Å². The van der Waals surface area contributed by atoms with Crippen molar-refractivity contribution in [3.8, 4) is 5.75 Å². The molecule has 1 aliphatic heterocycles. The SMILES string of the molecule is CCCCCCCCCCCCCCOc1cc(Cl)ccc1C(=O)Nc1ccc(CN2CSC=C2C)cc1. The molecule has 208 valence electrons. The van der Waals surface area contributed by atoms with Gasteiger partial charge in [-0.2, -0.15) is 0 Å². The smallest absolute Gasteiger partial charge is 0.259 e. The molecular formula is C32H45ClN2O2S. The van der Waals surface area contributed by atoms with E-state index in [4.69, 9.17) is 16.3 Å². The van der Waals surface area contributed by atoms with Crippen LogP contribution < -0.4 is 10.1 Å². The molecule has 38 heavy (non-hydrogen) atoms. The summed E-state index contributed by atoms with van der Waals surface area (Å²) in [6.45, 7) is 5.87. The molecule has 0 fully saturated rings. The van der Waals surface area contributed by atoms with Gasteiger partial charge in [-0.3, -0.25) is 4.79 Å². The Bertz CT molecular complexity index is 1010. The topological polar surface area (TPSA) is 41.6 Å². The van der Waals surface area contributed by atoms with Crippen molar-refractivity contribution >= 4 is 35.0 Å². The fourth-order valence-electron chi connectivity index (χ4n) is 4.64. The zero-order chi connectivity index (χ0) is 27.0. The fourth-order valence-corrected chi connectivity index (χ4v) is 5.74. The van der Waals surface area contributed by atoms with E-state index in [2.05, 4.69) is 41.6 Å². The summed E-state index contributed by atoms with van der Waals surface area (Å²) in [6.07, 6.45) is 15.6. The minimum Gasteiger partial charge on any atom is -0.493 e. The molecule has 2 aromatic rings. The van der Waals surface area contributed by atoms with Crippen LogP contribution in [0.5, 0.6) is 5.75 Å². The van der Waals surface area contributed by atoms with Crippen molar-refractivity contribution < 1.29 is 9.53 Å². The molecule has 0 unspecified atom stereocenters. The molecule has 1 heterocycles. The highest BCUT2D eigenvalue weighted by atomic mass is 35.5. The molecule has 0 saturated carbocycles. The lowest BCUT2D eigenvalue weighted by molar-refractivity contribution is 0.102. The van der Waals surface area contributed by atoms with Crippen molar-refractivity contribution in [1.29, 1.82) is 0 Å². The summed E-state index contributed by atoms with van der Waals surface area (Å²) in [5.41, 5.74) is 3.79. The van der Waals surface area contributed by atoms with Gasteiger partial charge < -0.3 is 15.0 Å². The number of nitrogens with zero attached hydrogens (tertiary/aromatic N) is 1. The van der Waals surface area contributed by atoms with Crippen LogP contribution in [0.25, 0.3) is 0 Å². The Morgan fingerprint density at radius 1 is 0.921 bits per heavy atom. The maximum absolute atomic E-state index is 13.0.